The van der Waals surface area contributed by atoms with Gasteiger partial charge < -0.3 is 15.8 Å². The van der Waals surface area contributed by atoms with Gasteiger partial charge in [0.05, 0.1) is 12.6 Å². The van der Waals surface area contributed by atoms with Crippen molar-refractivity contribution in [1.29, 1.82) is 0 Å². The number of para-hydroxylation sites is 1. The molecule has 0 fully saturated rings. The summed E-state index contributed by atoms with van der Waals surface area (Å²) >= 11 is 0. The summed E-state index contributed by atoms with van der Waals surface area (Å²) in [5.41, 5.74) is 7.27. The van der Waals surface area contributed by atoms with Crippen molar-refractivity contribution in [3.05, 3.63) is 29.8 Å². The van der Waals surface area contributed by atoms with Crippen LogP contribution in [0.25, 0.3) is 0 Å². The predicted molar refractivity (Wildman–Crippen MR) is 78.4 cm³/mol. The van der Waals surface area contributed by atoms with Crippen LogP contribution < -0.4 is 15.8 Å². The zero-order chi connectivity index (χ0) is 13.9. The molecule has 1 atom stereocenters. The smallest absolute Gasteiger partial charge is 0.189 e. The molecule has 1 aromatic rings. The minimum absolute atomic E-state index is 0.153. The van der Waals surface area contributed by atoms with Gasteiger partial charge in [-0.05, 0) is 11.5 Å². The van der Waals surface area contributed by atoms with Crippen molar-refractivity contribution in [2.45, 2.75) is 33.2 Å². The number of benzene rings is 1. The monoisotopic (exact) mass is 261 g/mol. The maximum Gasteiger partial charge on any atom is 0.189 e. The lowest BCUT2D eigenvalue weighted by Crippen LogP contribution is -2.38. The van der Waals surface area contributed by atoms with Crippen LogP contribution in [0.5, 0.6) is 5.75 Å². The quantitative estimate of drug-likeness (QED) is 0.635. The summed E-state index contributed by atoms with van der Waals surface area (Å²) in [6.07, 6.45) is 0.906. The van der Waals surface area contributed by atoms with Crippen molar-refractivity contribution in [1.82, 2.24) is 5.32 Å². The highest BCUT2D eigenvalue weighted by Gasteiger charge is 2.21. The molecule has 1 unspecified atom stereocenters. The van der Waals surface area contributed by atoms with E-state index in [4.69, 9.17) is 10.5 Å². The van der Waals surface area contributed by atoms with Gasteiger partial charge in [0.15, 0.2) is 5.96 Å². The summed E-state index contributed by atoms with van der Waals surface area (Å²) in [5.74, 6) is 1.45. The van der Waals surface area contributed by atoms with E-state index >= 15 is 0 Å². The predicted octanol–water partition coefficient (Wildman–Crippen LogP) is 2.46. The van der Waals surface area contributed by atoms with Crippen molar-refractivity contribution in [3.8, 4) is 5.75 Å². The van der Waals surface area contributed by atoms with Crippen LogP contribution in [0.15, 0.2) is 29.3 Å². The zero-order valence-corrected chi connectivity index (χ0v) is 11.9. The molecule has 19 heavy (non-hydrogen) atoms. The van der Waals surface area contributed by atoms with E-state index < -0.39 is 0 Å². The molecule has 0 spiro atoms. The fourth-order valence-electron chi connectivity index (χ4n) is 2.04. The first-order valence-electron chi connectivity index (χ1n) is 6.74. The normalized spacial score (nSPS) is 19.5. The minimum atomic E-state index is 0.153. The Kier molecular flexibility index (Phi) is 3.98. The van der Waals surface area contributed by atoms with Crippen LogP contribution in [-0.2, 0) is 0 Å². The summed E-state index contributed by atoms with van der Waals surface area (Å²) in [4.78, 5) is 4.40. The van der Waals surface area contributed by atoms with Gasteiger partial charge in [0.1, 0.15) is 5.75 Å². The van der Waals surface area contributed by atoms with Gasteiger partial charge in [-0.2, -0.15) is 0 Å². The van der Waals surface area contributed by atoms with Gasteiger partial charge in [-0.25, -0.2) is 0 Å². The van der Waals surface area contributed by atoms with Crippen molar-refractivity contribution >= 4 is 5.96 Å². The Morgan fingerprint density at radius 3 is 2.89 bits per heavy atom. The first kappa shape index (κ1) is 13.7. The third kappa shape index (κ3) is 3.88. The van der Waals surface area contributed by atoms with E-state index in [2.05, 4.69) is 37.1 Å². The van der Waals surface area contributed by atoms with Gasteiger partial charge in [-0.15, -0.1) is 0 Å². The SMILES string of the molecule is CC(C)(C)CN=C(N)NC1CCOc2ccccc21. The zero-order valence-electron chi connectivity index (χ0n) is 11.9. The van der Waals surface area contributed by atoms with Crippen molar-refractivity contribution in [2.75, 3.05) is 13.2 Å². The molecular weight excluding hydrogens is 238 g/mol. The molecule has 0 bridgehead atoms. The first-order chi connectivity index (χ1) is 8.96. The van der Waals surface area contributed by atoms with Crippen LogP contribution in [0.3, 0.4) is 0 Å². The second-order valence-corrected chi connectivity index (χ2v) is 6.13. The lowest BCUT2D eigenvalue weighted by atomic mass is 9.97. The fraction of sp³-hybridized carbons (Fsp3) is 0.533. The lowest BCUT2D eigenvalue weighted by molar-refractivity contribution is 0.262. The molecule has 1 heterocycles. The van der Waals surface area contributed by atoms with Crippen LogP contribution in [0.2, 0.25) is 0 Å². The topological polar surface area (TPSA) is 59.6 Å². The lowest BCUT2D eigenvalue weighted by Gasteiger charge is -2.27. The highest BCUT2D eigenvalue weighted by atomic mass is 16.5. The summed E-state index contributed by atoms with van der Waals surface area (Å²) in [5, 5.41) is 3.30. The number of nitrogens with zero attached hydrogens (tertiary/aromatic N) is 1. The van der Waals surface area contributed by atoms with Crippen LogP contribution >= 0.6 is 0 Å². The van der Waals surface area contributed by atoms with Crippen LogP contribution in [-0.4, -0.2) is 19.1 Å². The number of hydrogen-bond donors (Lipinski definition) is 2. The van der Waals surface area contributed by atoms with E-state index in [1.54, 1.807) is 0 Å². The number of fused-ring (bicyclic) bond motifs is 1. The van der Waals surface area contributed by atoms with Crippen LogP contribution in [0.1, 0.15) is 38.8 Å². The van der Waals surface area contributed by atoms with Gasteiger partial charge in [-0.3, -0.25) is 4.99 Å². The van der Waals surface area contributed by atoms with E-state index in [0.29, 0.717) is 12.6 Å². The standard InChI is InChI=1S/C15H23N3O/c1-15(2,3)10-17-14(16)18-12-8-9-19-13-7-5-4-6-11(12)13/h4-7,12H,8-10H2,1-3H3,(H3,16,17,18). The fourth-order valence-corrected chi connectivity index (χ4v) is 2.04. The number of nitrogens with two attached hydrogens (primary N) is 1. The average molecular weight is 261 g/mol. The van der Waals surface area contributed by atoms with E-state index in [0.717, 1.165) is 24.3 Å². The Morgan fingerprint density at radius 1 is 1.42 bits per heavy atom. The van der Waals surface area contributed by atoms with Crippen LogP contribution in [0.4, 0.5) is 0 Å². The van der Waals surface area contributed by atoms with Crippen molar-refractivity contribution < 1.29 is 4.74 Å². The number of aliphatic imine (C=N–C) groups is 1. The van der Waals surface area contributed by atoms with Crippen LogP contribution in [0, 0.1) is 5.41 Å². The molecule has 0 amide bonds. The molecule has 1 aliphatic rings. The van der Waals surface area contributed by atoms with Gasteiger partial charge in [0.25, 0.3) is 0 Å². The summed E-state index contributed by atoms with van der Waals surface area (Å²) in [6.45, 7) is 7.87. The molecule has 1 aromatic carbocycles. The molecule has 3 N–H and O–H groups in total. The largest absolute Gasteiger partial charge is 0.493 e. The molecular formula is C15H23N3O. The Morgan fingerprint density at radius 2 is 2.16 bits per heavy atom. The second-order valence-electron chi connectivity index (χ2n) is 6.13. The number of ether oxygens (including phenoxy) is 1. The number of guanidine groups is 1. The van der Waals surface area contributed by atoms with E-state index in [-0.39, 0.29) is 11.5 Å². The Bertz CT molecular complexity index is 463. The molecule has 2 rings (SSSR count). The van der Waals surface area contributed by atoms with Gasteiger partial charge in [0.2, 0.25) is 0 Å². The van der Waals surface area contributed by atoms with Gasteiger partial charge in [-0.1, -0.05) is 39.0 Å². The van der Waals surface area contributed by atoms with Gasteiger partial charge in [0, 0.05) is 18.5 Å². The molecule has 0 radical (unpaired) electrons. The minimum Gasteiger partial charge on any atom is -0.493 e. The Labute approximate surface area is 115 Å². The number of rotatable bonds is 2. The molecule has 0 aromatic heterocycles. The molecule has 4 heteroatoms. The summed E-state index contributed by atoms with van der Waals surface area (Å²) in [6, 6.07) is 8.26. The maximum atomic E-state index is 5.97. The van der Waals surface area contributed by atoms with E-state index in [1.165, 1.54) is 0 Å². The third-order valence-electron chi connectivity index (χ3n) is 3.00. The third-order valence-corrected chi connectivity index (χ3v) is 3.00. The number of nitrogens with one attached hydrogen (secondary N) is 1. The summed E-state index contributed by atoms with van der Waals surface area (Å²) in [7, 11) is 0. The number of hydrogen-bond acceptors (Lipinski definition) is 2. The van der Waals surface area contributed by atoms with E-state index in [1.807, 2.05) is 18.2 Å². The average Bonchev–Trinajstić information content (AvgIpc) is 2.36. The maximum absolute atomic E-state index is 5.97. The molecule has 1 aliphatic heterocycles. The molecule has 4 nitrogen and oxygen atoms in total. The second kappa shape index (κ2) is 5.51. The molecule has 0 saturated heterocycles. The highest BCUT2D eigenvalue weighted by Crippen LogP contribution is 2.31. The van der Waals surface area contributed by atoms with E-state index in [9.17, 15) is 0 Å². The summed E-state index contributed by atoms with van der Waals surface area (Å²) < 4.78 is 5.63. The highest BCUT2D eigenvalue weighted by molar-refractivity contribution is 5.78. The molecule has 104 valence electrons. The van der Waals surface area contributed by atoms with Crippen molar-refractivity contribution in [2.24, 2.45) is 16.1 Å². The molecule has 0 aliphatic carbocycles. The Balaban J connectivity index is 2.04. The molecule has 0 saturated carbocycles. The van der Waals surface area contributed by atoms with Crippen molar-refractivity contribution in [3.63, 3.8) is 0 Å². The first-order valence-corrected chi connectivity index (χ1v) is 6.74. The Hall–Kier alpha value is -1.71. The van der Waals surface area contributed by atoms with Gasteiger partial charge >= 0.3 is 0 Å².